The highest BCUT2D eigenvalue weighted by Crippen LogP contribution is 2.31. The highest BCUT2D eigenvalue weighted by atomic mass is 35.5. The normalized spacial score (nSPS) is 10.7. The van der Waals surface area contributed by atoms with E-state index in [4.69, 9.17) is 23.1 Å². The quantitative estimate of drug-likeness (QED) is 0.770. The predicted molar refractivity (Wildman–Crippen MR) is 88.0 cm³/mol. The van der Waals surface area contributed by atoms with Crippen LogP contribution in [0.3, 0.4) is 0 Å². The lowest BCUT2D eigenvalue weighted by molar-refractivity contribution is 0.628. The second-order valence-corrected chi connectivity index (χ2v) is 5.36. The maximum absolute atomic E-state index is 13.2. The Morgan fingerprint density at radius 2 is 1.70 bits per heavy atom. The van der Waals surface area contributed by atoms with Crippen molar-refractivity contribution in [3.63, 3.8) is 0 Å². The lowest BCUT2D eigenvalue weighted by Gasteiger charge is -2.10. The summed E-state index contributed by atoms with van der Waals surface area (Å²) in [5.41, 5.74) is 14.6. The first-order valence-electron chi connectivity index (χ1n) is 6.83. The Morgan fingerprint density at radius 3 is 2.39 bits per heavy atom. The molecule has 5 nitrogen and oxygen atoms in total. The summed E-state index contributed by atoms with van der Waals surface area (Å²) in [6.45, 7) is 0.343. The summed E-state index contributed by atoms with van der Waals surface area (Å²) in [7, 11) is 0. The Kier molecular flexibility index (Phi) is 4.18. The predicted octanol–water partition coefficient (Wildman–Crippen LogP) is 3.04. The summed E-state index contributed by atoms with van der Waals surface area (Å²) in [6.07, 6.45) is 0. The molecule has 0 saturated carbocycles. The van der Waals surface area contributed by atoms with E-state index in [0.29, 0.717) is 28.5 Å². The van der Waals surface area contributed by atoms with Crippen LogP contribution >= 0.6 is 11.6 Å². The van der Waals surface area contributed by atoms with Crippen LogP contribution in [-0.2, 0) is 6.54 Å². The molecule has 0 spiro atoms. The smallest absolute Gasteiger partial charge is 0.240 e. The van der Waals surface area contributed by atoms with Crippen molar-refractivity contribution in [1.82, 2.24) is 15.2 Å². The summed E-state index contributed by atoms with van der Waals surface area (Å²) in [4.78, 5) is 4.24. The minimum Gasteiger partial charge on any atom is -0.366 e. The Bertz CT molecular complexity index is 852. The van der Waals surface area contributed by atoms with Crippen LogP contribution in [0.25, 0.3) is 22.5 Å². The molecule has 0 amide bonds. The van der Waals surface area contributed by atoms with Gasteiger partial charge in [0.05, 0.1) is 0 Å². The van der Waals surface area contributed by atoms with Crippen LogP contribution in [-0.4, -0.2) is 15.2 Å². The minimum atomic E-state index is -0.335. The number of aromatic nitrogens is 3. The van der Waals surface area contributed by atoms with Gasteiger partial charge < -0.3 is 11.5 Å². The van der Waals surface area contributed by atoms with Gasteiger partial charge in [-0.15, -0.1) is 10.2 Å². The minimum absolute atomic E-state index is 0.0363. The summed E-state index contributed by atoms with van der Waals surface area (Å²) in [6, 6.07) is 11.3. The number of nitrogens with zero attached hydrogens (tertiary/aromatic N) is 3. The lowest BCUT2D eigenvalue weighted by Crippen LogP contribution is -2.03. The van der Waals surface area contributed by atoms with Gasteiger partial charge in [-0.2, -0.15) is 0 Å². The van der Waals surface area contributed by atoms with Gasteiger partial charge in [0.15, 0.2) is 0 Å². The third kappa shape index (κ3) is 3.28. The average molecular weight is 330 g/mol. The van der Waals surface area contributed by atoms with Crippen LogP contribution in [0.1, 0.15) is 5.56 Å². The largest absolute Gasteiger partial charge is 0.366 e. The molecule has 0 radical (unpaired) electrons. The molecule has 23 heavy (non-hydrogen) atoms. The van der Waals surface area contributed by atoms with E-state index >= 15 is 0 Å². The van der Waals surface area contributed by atoms with E-state index in [1.807, 2.05) is 6.07 Å². The Hall–Kier alpha value is -2.57. The standard InChI is InChI=1S/C16H13ClFN5/c17-12-6-9(8-19)5-11(7-12)15-14(21-16(20)23-22-15)10-1-3-13(18)4-2-10/h1-7H,8,19H2,(H2,20,21,23). The molecule has 0 aliphatic rings. The monoisotopic (exact) mass is 329 g/mol. The van der Waals surface area contributed by atoms with Gasteiger partial charge in [-0.05, 0) is 48.0 Å². The third-order valence-corrected chi connectivity index (χ3v) is 3.51. The first-order chi connectivity index (χ1) is 11.1. The van der Waals surface area contributed by atoms with E-state index in [9.17, 15) is 4.39 Å². The molecule has 0 aliphatic heterocycles. The molecule has 4 N–H and O–H groups in total. The average Bonchev–Trinajstić information content (AvgIpc) is 2.55. The zero-order valence-electron chi connectivity index (χ0n) is 12.0. The van der Waals surface area contributed by atoms with Crippen LogP contribution in [0.4, 0.5) is 10.3 Å². The topological polar surface area (TPSA) is 90.7 Å². The second kappa shape index (κ2) is 6.28. The molecule has 0 unspecified atom stereocenters. The molecule has 7 heteroatoms. The van der Waals surface area contributed by atoms with E-state index in [0.717, 1.165) is 11.1 Å². The number of hydrogen-bond acceptors (Lipinski definition) is 5. The van der Waals surface area contributed by atoms with Crippen LogP contribution in [0, 0.1) is 5.82 Å². The number of hydrogen-bond donors (Lipinski definition) is 2. The first kappa shape index (κ1) is 15.3. The Morgan fingerprint density at radius 1 is 0.957 bits per heavy atom. The maximum atomic E-state index is 13.2. The first-order valence-corrected chi connectivity index (χ1v) is 7.20. The van der Waals surface area contributed by atoms with Gasteiger partial charge in [-0.25, -0.2) is 9.37 Å². The molecule has 0 fully saturated rings. The van der Waals surface area contributed by atoms with Crippen molar-refractivity contribution < 1.29 is 4.39 Å². The van der Waals surface area contributed by atoms with Crippen LogP contribution in [0.2, 0.25) is 5.02 Å². The van der Waals surface area contributed by atoms with Crippen LogP contribution in [0.15, 0.2) is 42.5 Å². The summed E-state index contributed by atoms with van der Waals surface area (Å²) in [5, 5.41) is 8.48. The van der Waals surface area contributed by atoms with Crippen molar-refractivity contribution in [3.8, 4) is 22.5 Å². The van der Waals surface area contributed by atoms with Crippen molar-refractivity contribution in [3.05, 3.63) is 58.9 Å². The fourth-order valence-electron chi connectivity index (χ4n) is 2.25. The Balaban J connectivity index is 2.20. The third-order valence-electron chi connectivity index (χ3n) is 3.29. The highest BCUT2D eigenvalue weighted by molar-refractivity contribution is 6.31. The molecule has 1 heterocycles. The van der Waals surface area contributed by atoms with Gasteiger partial charge in [-0.1, -0.05) is 11.6 Å². The van der Waals surface area contributed by atoms with Crippen molar-refractivity contribution in [2.24, 2.45) is 5.73 Å². The molecule has 0 aliphatic carbocycles. The van der Waals surface area contributed by atoms with Crippen molar-refractivity contribution in [1.29, 1.82) is 0 Å². The molecular weight excluding hydrogens is 317 g/mol. The van der Waals surface area contributed by atoms with Crippen molar-refractivity contribution in [2.45, 2.75) is 6.54 Å². The molecule has 0 bridgehead atoms. The van der Waals surface area contributed by atoms with E-state index in [1.54, 1.807) is 24.3 Å². The number of halogens is 2. The van der Waals surface area contributed by atoms with Gasteiger partial charge >= 0.3 is 0 Å². The number of nitrogens with two attached hydrogens (primary N) is 2. The van der Waals surface area contributed by atoms with E-state index in [2.05, 4.69) is 15.2 Å². The highest BCUT2D eigenvalue weighted by Gasteiger charge is 2.14. The fourth-order valence-corrected chi connectivity index (χ4v) is 2.50. The molecule has 2 aromatic carbocycles. The maximum Gasteiger partial charge on any atom is 0.240 e. The van der Waals surface area contributed by atoms with Crippen LogP contribution < -0.4 is 11.5 Å². The zero-order chi connectivity index (χ0) is 16.4. The fraction of sp³-hybridized carbons (Fsp3) is 0.0625. The molecular formula is C16H13ClFN5. The van der Waals surface area contributed by atoms with Gasteiger partial charge in [0.2, 0.25) is 5.95 Å². The van der Waals surface area contributed by atoms with E-state index < -0.39 is 0 Å². The molecule has 116 valence electrons. The molecule has 3 rings (SSSR count). The van der Waals surface area contributed by atoms with Crippen LogP contribution in [0.5, 0.6) is 0 Å². The number of anilines is 1. The van der Waals surface area contributed by atoms with Crippen molar-refractivity contribution in [2.75, 3.05) is 5.73 Å². The number of benzene rings is 2. The van der Waals surface area contributed by atoms with Gasteiger partial charge in [-0.3, -0.25) is 0 Å². The SMILES string of the molecule is NCc1cc(Cl)cc(-c2nnc(N)nc2-c2ccc(F)cc2)c1. The molecule has 1 aromatic heterocycles. The molecule has 0 saturated heterocycles. The summed E-state index contributed by atoms with van der Waals surface area (Å²) >= 11 is 6.13. The summed E-state index contributed by atoms with van der Waals surface area (Å²) in [5.74, 6) is -0.299. The molecule has 0 atom stereocenters. The summed E-state index contributed by atoms with van der Waals surface area (Å²) < 4.78 is 13.2. The number of nitrogen functional groups attached to an aromatic ring is 1. The van der Waals surface area contributed by atoms with Gasteiger partial charge in [0.25, 0.3) is 0 Å². The number of rotatable bonds is 3. The van der Waals surface area contributed by atoms with Crippen molar-refractivity contribution >= 4 is 17.5 Å². The lowest BCUT2D eigenvalue weighted by atomic mass is 10.0. The second-order valence-electron chi connectivity index (χ2n) is 4.93. The van der Waals surface area contributed by atoms with E-state index in [1.165, 1.54) is 12.1 Å². The molecule has 3 aromatic rings. The van der Waals surface area contributed by atoms with Gasteiger partial charge in [0, 0.05) is 22.7 Å². The zero-order valence-corrected chi connectivity index (χ0v) is 12.8. The van der Waals surface area contributed by atoms with E-state index in [-0.39, 0.29) is 11.8 Å². The van der Waals surface area contributed by atoms with Gasteiger partial charge in [0.1, 0.15) is 17.2 Å². The Labute approximate surface area is 137 Å².